The third-order valence-electron chi connectivity index (χ3n) is 4.54. The molecule has 1 fully saturated rings. The van der Waals surface area contributed by atoms with E-state index in [1.54, 1.807) is 0 Å². The smallest absolute Gasteiger partial charge is 0.239 e. The molecular weight excluding hydrogens is 318 g/mol. The van der Waals surface area contributed by atoms with Gasteiger partial charge < -0.3 is 21.1 Å². The minimum Gasteiger partial charge on any atom is -0.391 e. The number of aliphatic hydroxyl groups is 1. The molecule has 2 atom stereocenters. The second-order valence-corrected chi connectivity index (χ2v) is 6.38. The first-order chi connectivity index (χ1) is 12.1. The monoisotopic (exact) mass is 341 g/mol. The maximum Gasteiger partial charge on any atom is 0.239 e. The van der Waals surface area contributed by atoms with Crippen molar-refractivity contribution >= 4 is 22.6 Å². The van der Waals surface area contributed by atoms with Crippen molar-refractivity contribution in [2.24, 2.45) is 5.92 Å². The summed E-state index contributed by atoms with van der Waals surface area (Å²) in [4.78, 5) is 24.0. The Labute approximate surface area is 146 Å². The normalized spacial score (nSPS) is 19.7. The molecule has 1 aliphatic heterocycles. The summed E-state index contributed by atoms with van der Waals surface area (Å²) in [7, 11) is 0. The molecule has 2 amide bonds. The summed E-state index contributed by atoms with van der Waals surface area (Å²) in [5.74, 6) is -0.408. The van der Waals surface area contributed by atoms with E-state index < -0.39 is 6.10 Å². The van der Waals surface area contributed by atoms with Crippen molar-refractivity contribution in [1.82, 2.24) is 16.0 Å². The predicted molar refractivity (Wildman–Crippen MR) is 96.0 cm³/mol. The minimum absolute atomic E-state index is 0.0235. The van der Waals surface area contributed by atoms with E-state index >= 15 is 0 Å². The highest BCUT2D eigenvalue weighted by Crippen LogP contribution is 2.18. The number of fused-ring (bicyclic) bond motifs is 1. The summed E-state index contributed by atoms with van der Waals surface area (Å²) in [6.45, 7) is 1.60. The molecule has 1 saturated heterocycles. The van der Waals surface area contributed by atoms with Gasteiger partial charge in [-0.15, -0.1) is 0 Å². The number of aliphatic hydroxyl groups excluding tert-OH is 1. The van der Waals surface area contributed by atoms with Gasteiger partial charge in [0.25, 0.3) is 0 Å². The van der Waals surface area contributed by atoms with Crippen molar-refractivity contribution in [2.45, 2.75) is 12.5 Å². The van der Waals surface area contributed by atoms with Crippen molar-refractivity contribution in [3.05, 3.63) is 48.0 Å². The lowest BCUT2D eigenvalue weighted by Crippen LogP contribution is -2.41. The van der Waals surface area contributed by atoms with Crippen LogP contribution in [0.3, 0.4) is 0 Å². The highest BCUT2D eigenvalue weighted by atomic mass is 16.3. The molecule has 2 aromatic carbocycles. The Kier molecular flexibility index (Phi) is 5.63. The van der Waals surface area contributed by atoms with Crippen LogP contribution in [0.2, 0.25) is 0 Å². The maximum absolute atomic E-state index is 12.1. The molecule has 6 nitrogen and oxygen atoms in total. The predicted octanol–water partition coefficient (Wildman–Crippen LogP) is 0.195. The Balaban J connectivity index is 1.46. The number of carbonyl (C=O) groups is 2. The van der Waals surface area contributed by atoms with Gasteiger partial charge in [0.1, 0.15) is 0 Å². The Morgan fingerprint density at radius 1 is 1.04 bits per heavy atom. The van der Waals surface area contributed by atoms with Crippen molar-refractivity contribution < 1.29 is 14.7 Å². The fourth-order valence-electron chi connectivity index (χ4n) is 3.10. The number of carbonyl (C=O) groups excluding carboxylic acids is 2. The highest BCUT2D eigenvalue weighted by Gasteiger charge is 2.24. The molecule has 0 aromatic heterocycles. The second-order valence-electron chi connectivity index (χ2n) is 6.38. The molecule has 2 unspecified atom stereocenters. The lowest BCUT2D eigenvalue weighted by Gasteiger charge is -2.14. The molecule has 2 aromatic rings. The van der Waals surface area contributed by atoms with Gasteiger partial charge in [0.2, 0.25) is 11.8 Å². The van der Waals surface area contributed by atoms with Gasteiger partial charge in [-0.2, -0.15) is 0 Å². The summed E-state index contributed by atoms with van der Waals surface area (Å²) >= 11 is 0. The van der Waals surface area contributed by atoms with Crippen molar-refractivity contribution in [1.29, 1.82) is 0 Å². The lowest BCUT2D eigenvalue weighted by atomic mass is 10.0. The van der Waals surface area contributed by atoms with E-state index in [2.05, 4.69) is 16.0 Å². The average Bonchev–Trinajstić information content (AvgIpc) is 3.03. The van der Waals surface area contributed by atoms with Crippen LogP contribution in [-0.2, 0) is 16.0 Å². The first-order valence-corrected chi connectivity index (χ1v) is 8.52. The highest BCUT2D eigenvalue weighted by molar-refractivity contribution is 5.91. The Bertz CT molecular complexity index is 757. The molecule has 4 N–H and O–H groups in total. The zero-order chi connectivity index (χ0) is 17.6. The summed E-state index contributed by atoms with van der Waals surface area (Å²) in [6, 6.07) is 13.8. The zero-order valence-corrected chi connectivity index (χ0v) is 14.0. The van der Waals surface area contributed by atoms with Crippen LogP contribution < -0.4 is 16.0 Å². The van der Waals surface area contributed by atoms with Gasteiger partial charge in [0, 0.05) is 25.6 Å². The molecule has 0 spiro atoms. The van der Waals surface area contributed by atoms with Gasteiger partial charge in [-0.05, 0) is 16.3 Å². The Hall–Kier alpha value is -2.44. The van der Waals surface area contributed by atoms with Gasteiger partial charge in [-0.25, -0.2) is 0 Å². The molecule has 132 valence electrons. The van der Waals surface area contributed by atoms with Crippen molar-refractivity contribution in [2.75, 3.05) is 26.2 Å². The van der Waals surface area contributed by atoms with Crippen LogP contribution >= 0.6 is 0 Å². The third-order valence-corrected chi connectivity index (χ3v) is 4.54. The Morgan fingerprint density at radius 3 is 2.64 bits per heavy atom. The molecule has 1 heterocycles. The van der Waals surface area contributed by atoms with Gasteiger partial charge in [0.15, 0.2) is 0 Å². The molecular formula is C19H23N3O3. The molecule has 1 aliphatic rings. The molecule has 25 heavy (non-hydrogen) atoms. The van der Waals surface area contributed by atoms with Gasteiger partial charge >= 0.3 is 0 Å². The summed E-state index contributed by atoms with van der Waals surface area (Å²) in [5, 5.41) is 20.3. The lowest BCUT2D eigenvalue weighted by molar-refractivity contribution is -0.125. The molecule has 3 rings (SSSR count). The quantitative estimate of drug-likeness (QED) is 0.604. The standard InChI is InChI=1S/C19H23N3O3/c23-17-11-20-9-15(17)10-21-19(25)12-22-18(24)8-14-6-3-5-13-4-1-2-7-16(13)14/h1-7,15,17,20,23H,8-12H2,(H,21,25)(H,22,24). The number of β-amino-alcohol motifs (C(OH)–C–C–N with tert-alkyl or cyclic N) is 1. The van der Waals surface area contributed by atoms with Crippen LogP contribution in [0.1, 0.15) is 5.56 Å². The molecule has 0 saturated carbocycles. The zero-order valence-electron chi connectivity index (χ0n) is 14.0. The molecule has 0 bridgehead atoms. The summed E-state index contributed by atoms with van der Waals surface area (Å²) in [6.07, 6.45) is -0.193. The second kappa shape index (κ2) is 8.09. The molecule has 0 aliphatic carbocycles. The number of rotatable bonds is 6. The number of hydrogen-bond acceptors (Lipinski definition) is 4. The number of hydrogen-bond donors (Lipinski definition) is 4. The largest absolute Gasteiger partial charge is 0.391 e. The Morgan fingerprint density at radius 2 is 1.84 bits per heavy atom. The fourth-order valence-corrected chi connectivity index (χ4v) is 3.10. The van der Waals surface area contributed by atoms with Crippen LogP contribution in [0.5, 0.6) is 0 Å². The van der Waals surface area contributed by atoms with Gasteiger partial charge in [0.05, 0.1) is 19.1 Å². The van der Waals surface area contributed by atoms with Crippen LogP contribution in [0.15, 0.2) is 42.5 Å². The van der Waals surface area contributed by atoms with Crippen LogP contribution in [0.25, 0.3) is 10.8 Å². The number of nitrogens with one attached hydrogen (secondary N) is 3. The van der Waals surface area contributed by atoms with E-state index in [1.165, 1.54) is 0 Å². The van der Waals surface area contributed by atoms with Gasteiger partial charge in [-0.1, -0.05) is 42.5 Å². The summed E-state index contributed by atoms with van der Waals surface area (Å²) in [5.41, 5.74) is 0.941. The van der Waals surface area contributed by atoms with Gasteiger partial charge in [-0.3, -0.25) is 9.59 Å². The number of amides is 2. The third kappa shape index (κ3) is 4.55. The first-order valence-electron chi connectivity index (χ1n) is 8.52. The average molecular weight is 341 g/mol. The van der Waals surface area contributed by atoms with Crippen molar-refractivity contribution in [3.8, 4) is 0 Å². The molecule has 0 radical (unpaired) electrons. The SMILES string of the molecule is O=C(CNC(=O)Cc1cccc2ccccc12)NCC1CNCC1O. The first kappa shape index (κ1) is 17.4. The van der Waals surface area contributed by atoms with E-state index in [9.17, 15) is 14.7 Å². The number of benzene rings is 2. The van der Waals surface area contributed by atoms with E-state index in [0.717, 1.165) is 16.3 Å². The van der Waals surface area contributed by atoms with E-state index in [-0.39, 0.29) is 30.7 Å². The summed E-state index contributed by atoms with van der Waals surface area (Å²) < 4.78 is 0. The van der Waals surface area contributed by atoms with Crippen molar-refractivity contribution in [3.63, 3.8) is 0 Å². The van der Waals surface area contributed by atoms with E-state index in [1.807, 2.05) is 42.5 Å². The topological polar surface area (TPSA) is 90.5 Å². The van der Waals surface area contributed by atoms with Crippen LogP contribution in [0, 0.1) is 5.92 Å². The minimum atomic E-state index is -0.429. The molecule has 6 heteroatoms. The van der Waals surface area contributed by atoms with Crippen LogP contribution in [-0.4, -0.2) is 49.2 Å². The fraction of sp³-hybridized carbons (Fsp3) is 0.368. The maximum atomic E-state index is 12.1. The van der Waals surface area contributed by atoms with Crippen LogP contribution in [0.4, 0.5) is 0 Å². The van der Waals surface area contributed by atoms with E-state index in [4.69, 9.17) is 0 Å². The van der Waals surface area contributed by atoms with E-state index in [0.29, 0.717) is 19.6 Å².